The summed E-state index contributed by atoms with van der Waals surface area (Å²) in [5.41, 5.74) is 3.51. The fraction of sp³-hybridized carbons (Fsp3) is 0.242. The number of carbonyl (C=O) groups excluding carboxylic acids is 1. The average molecular weight is 549 g/mol. The number of nitrogens with zero attached hydrogens (tertiary/aromatic N) is 2. The van der Waals surface area contributed by atoms with Crippen LogP contribution in [0.5, 0.6) is 0 Å². The number of rotatable bonds is 12. The number of benzene rings is 4. The first-order valence-electron chi connectivity index (χ1n) is 12.9. The van der Waals surface area contributed by atoms with Crippen LogP contribution in [0.25, 0.3) is 0 Å². The number of hydrogen-bond acceptors (Lipinski definition) is 3. The molecule has 204 valence electrons. The zero-order valence-electron chi connectivity index (χ0n) is 22.3. The largest absolute Gasteiger partial charge is 0.301 e. The summed E-state index contributed by atoms with van der Waals surface area (Å²) in [6.07, 6.45) is 0. The van der Waals surface area contributed by atoms with Crippen molar-refractivity contribution < 1.29 is 13.6 Å². The Morgan fingerprint density at radius 2 is 1.00 bits per heavy atom. The van der Waals surface area contributed by atoms with Gasteiger partial charge in [0.05, 0.1) is 11.8 Å². The Hall–Kier alpha value is -3.38. The van der Waals surface area contributed by atoms with Crippen molar-refractivity contribution in [3.63, 3.8) is 0 Å². The molecule has 4 aromatic carbocycles. The van der Waals surface area contributed by atoms with Crippen LogP contribution in [0.4, 0.5) is 8.78 Å². The molecule has 0 amide bonds. The molecule has 0 bridgehead atoms. The fourth-order valence-corrected chi connectivity index (χ4v) is 4.95. The lowest BCUT2D eigenvalue weighted by Gasteiger charge is -2.30. The zero-order valence-corrected chi connectivity index (χ0v) is 23.2. The summed E-state index contributed by atoms with van der Waals surface area (Å²) in [7, 11) is 3.93. The average Bonchev–Trinajstić information content (AvgIpc) is 2.91. The summed E-state index contributed by atoms with van der Waals surface area (Å²) in [5.74, 6) is -1.99. The van der Waals surface area contributed by atoms with Crippen molar-refractivity contribution in [1.29, 1.82) is 0 Å². The van der Waals surface area contributed by atoms with E-state index in [9.17, 15) is 13.6 Å². The summed E-state index contributed by atoms with van der Waals surface area (Å²) >= 11 is 0. The van der Waals surface area contributed by atoms with Gasteiger partial charge in [0.1, 0.15) is 17.4 Å². The maximum atomic E-state index is 14.3. The van der Waals surface area contributed by atoms with Crippen LogP contribution in [0.2, 0.25) is 0 Å². The molecule has 0 aliphatic carbocycles. The van der Waals surface area contributed by atoms with Crippen molar-refractivity contribution in [3.05, 3.63) is 143 Å². The number of Topliss-reactive ketones (excluding diaryl/α,β-unsaturated/α-hetero) is 1. The Morgan fingerprint density at radius 3 is 1.36 bits per heavy atom. The fourth-order valence-electron chi connectivity index (χ4n) is 4.95. The second-order valence-electron chi connectivity index (χ2n) is 9.98. The molecule has 0 aliphatic heterocycles. The van der Waals surface area contributed by atoms with E-state index in [1.165, 1.54) is 24.3 Å². The molecule has 0 spiro atoms. The van der Waals surface area contributed by atoms with Crippen LogP contribution in [0.3, 0.4) is 0 Å². The Kier molecular flexibility index (Phi) is 11.4. The highest BCUT2D eigenvalue weighted by atomic mass is 35.5. The molecule has 0 aliphatic rings. The van der Waals surface area contributed by atoms with E-state index < -0.39 is 11.8 Å². The normalized spacial score (nSPS) is 12.7. The molecular formula is C33H35ClF2N2O. The molecule has 2 unspecified atom stereocenters. The van der Waals surface area contributed by atoms with E-state index in [1.807, 2.05) is 74.8 Å². The lowest BCUT2D eigenvalue weighted by molar-refractivity contribution is -0.122. The van der Waals surface area contributed by atoms with E-state index in [0.717, 1.165) is 11.1 Å². The maximum Gasteiger partial charge on any atom is 0.150 e. The minimum absolute atomic E-state index is 0. The van der Waals surface area contributed by atoms with E-state index in [-0.39, 0.29) is 29.8 Å². The summed E-state index contributed by atoms with van der Waals surface area (Å²) in [4.78, 5) is 18.5. The smallest absolute Gasteiger partial charge is 0.150 e. The van der Waals surface area contributed by atoms with Gasteiger partial charge in [0.25, 0.3) is 0 Å². The second-order valence-corrected chi connectivity index (χ2v) is 9.98. The summed E-state index contributed by atoms with van der Waals surface area (Å²) in [6.45, 7) is 2.12. The molecule has 39 heavy (non-hydrogen) atoms. The van der Waals surface area contributed by atoms with Crippen LogP contribution in [0.1, 0.15) is 34.1 Å². The van der Waals surface area contributed by atoms with Crippen LogP contribution in [0.15, 0.2) is 109 Å². The second kappa shape index (κ2) is 14.7. The molecule has 0 saturated carbocycles. The molecule has 6 heteroatoms. The molecular weight excluding hydrogens is 514 g/mol. The van der Waals surface area contributed by atoms with Crippen LogP contribution >= 0.6 is 12.4 Å². The van der Waals surface area contributed by atoms with Crippen molar-refractivity contribution in [2.24, 2.45) is 0 Å². The molecule has 4 rings (SSSR count). The number of halogens is 3. The molecule has 4 aromatic rings. The summed E-state index contributed by atoms with van der Waals surface area (Å²) in [6, 6.07) is 32.6. The van der Waals surface area contributed by atoms with Gasteiger partial charge < -0.3 is 9.80 Å². The van der Waals surface area contributed by atoms with Gasteiger partial charge in [-0.15, -0.1) is 12.4 Å². The minimum atomic E-state index is -0.585. The van der Waals surface area contributed by atoms with Gasteiger partial charge in [-0.05, 0) is 60.6 Å². The molecule has 0 radical (unpaired) electrons. The monoisotopic (exact) mass is 548 g/mol. The van der Waals surface area contributed by atoms with Gasteiger partial charge in [-0.2, -0.15) is 0 Å². The molecule has 2 atom stereocenters. The third-order valence-corrected chi connectivity index (χ3v) is 6.77. The Morgan fingerprint density at radius 1 is 0.615 bits per heavy atom. The third-order valence-electron chi connectivity index (χ3n) is 6.77. The highest BCUT2D eigenvalue weighted by molar-refractivity contribution is 5.92. The van der Waals surface area contributed by atoms with Gasteiger partial charge in [-0.25, -0.2) is 8.78 Å². The predicted molar refractivity (Wildman–Crippen MR) is 156 cm³/mol. The first-order chi connectivity index (χ1) is 18.4. The van der Waals surface area contributed by atoms with Crippen molar-refractivity contribution in [2.45, 2.75) is 24.9 Å². The minimum Gasteiger partial charge on any atom is -0.301 e. The molecule has 0 saturated heterocycles. The number of carbonyl (C=O) groups is 1. The van der Waals surface area contributed by atoms with E-state index >= 15 is 0 Å². The topological polar surface area (TPSA) is 23.6 Å². The third kappa shape index (κ3) is 8.82. The molecule has 0 aromatic heterocycles. The van der Waals surface area contributed by atoms with Gasteiger partial charge in [-0.1, -0.05) is 84.9 Å². The summed E-state index contributed by atoms with van der Waals surface area (Å²) in [5, 5.41) is 0. The SMILES string of the molecule is CN(Cc1ccccc1)CC(C(=O)C(CN(C)Cc1ccccc1)c1cccc(F)c1)c1cccc(F)c1.Cl. The molecule has 0 fully saturated rings. The lowest BCUT2D eigenvalue weighted by atomic mass is 9.82. The number of ketones is 1. The van der Waals surface area contributed by atoms with Crippen LogP contribution in [0, 0.1) is 11.6 Å². The van der Waals surface area contributed by atoms with Crippen molar-refractivity contribution >= 4 is 18.2 Å². The first-order valence-corrected chi connectivity index (χ1v) is 12.9. The van der Waals surface area contributed by atoms with Crippen molar-refractivity contribution in [1.82, 2.24) is 9.80 Å². The van der Waals surface area contributed by atoms with Gasteiger partial charge in [0.2, 0.25) is 0 Å². The highest BCUT2D eigenvalue weighted by Gasteiger charge is 2.31. The van der Waals surface area contributed by atoms with Crippen molar-refractivity contribution in [3.8, 4) is 0 Å². The Balaban J connectivity index is 0.00000420. The van der Waals surface area contributed by atoms with Gasteiger partial charge in [0, 0.05) is 26.2 Å². The van der Waals surface area contributed by atoms with E-state index in [4.69, 9.17) is 0 Å². The number of likely N-dealkylation sites (N-methyl/N-ethyl adjacent to an activating group) is 2. The predicted octanol–water partition coefficient (Wildman–Crippen LogP) is 7.09. The summed E-state index contributed by atoms with van der Waals surface area (Å²) < 4.78 is 28.6. The van der Waals surface area contributed by atoms with Crippen LogP contribution in [-0.4, -0.2) is 42.8 Å². The highest BCUT2D eigenvalue weighted by Crippen LogP contribution is 2.30. The van der Waals surface area contributed by atoms with Crippen LogP contribution in [-0.2, 0) is 17.9 Å². The standard InChI is InChI=1S/C33H34F2N2O.ClH/c1-36(21-25-11-5-3-6-12-25)23-31(27-15-9-17-29(34)19-27)33(38)32(28-16-10-18-30(35)20-28)24-37(2)22-26-13-7-4-8-14-26;/h3-20,31-32H,21-24H2,1-2H3;1H. The molecule has 3 nitrogen and oxygen atoms in total. The Labute approximate surface area is 236 Å². The first kappa shape index (κ1) is 30.2. The Bertz CT molecular complexity index is 1220. The molecule has 0 N–H and O–H groups in total. The number of hydrogen-bond donors (Lipinski definition) is 0. The van der Waals surface area contributed by atoms with Crippen molar-refractivity contribution in [2.75, 3.05) is 27.2 Å². The maximum absolute atomic E-state index is 14.3. The van der Waals surface area contributed by atoms with Gasteiger partial charge >= 0.3 is 0 Å². The van der Waals surface area contributed by atoms with E-state index in [2.05, 4.69) is 9.80 Å². The van der Waals surface area contributed by atoms with Crippen LogP contribution < -0.4 is 0 Å². The van der Waals surface area contributed by atoms with Gasteiger partial charge in [0.15, 0.2) is 0 Å². The van der Waals surface area contributed by atoms with E-state index in [1.54, 1.807) is 24.3 Å². The van der Waals surface area contributed by atoms with Gasteiger partial charge in [-0.3, -0.25) is 4.79 Å². The molecule has 0 heterocycles. The lowest BCUT2D eigenvalue weighted by Crippen LogP contribution is -2.36. The van der Waals surface area contributed by atoms with E-state index in [0.29, 0.717) is 37.3 Å². The zero-order chi connectivity index (χ0) is 26.9. The quantitative estimate of drug-likeness (QED) is 0.189.